The number of alkyl halides is 4. The van der Waals surface area contributed by atoms with Crippen LogP contribution in [0.5, 0.6) is 5.75 Å². The summed E-state index contributed by atoms with van der Waals surface area (Å²) < 4.78 is 63.1. The quantitative estimate of drug-likeness (QED) is 0.684. The second-order valence-corrected chi connectivity index (χ2v) is 2.45. The molecule has 0 aromatic heterocycles. The fourth-order valence-corrected chi connectivity index (χ4v) is 0.834. The van der Waals surface area contributed by atoms with Crippen molar-refractivity contribution in [2.24, 2.45) is 0 Å². The minimum absolute atomic E-state index is 0.0781. The van der Waals surface area contributed by atoms with Gasteiger partial charge in [0.2, 0.25) is 0 Å². The van der Waals surface area contributed by atoms with Gasteiger partial charge in [-0.3, -0.25) is 0 Å². The van der Waals surface area contributed by atoms with Crippen LogP contribution in [0.1, 0.15) is 5.56 Å². The fraction of sp³-hybridized carbons (Fsp3) is 0.250. The van der Waals surface area contributed by atoms with E-state index < -0.39 is 24.6 Å². The molecule has 0 amide bonds. The van der Waals surface area contributed by atoms with Gasteiger partial charge in [0.1, 0.15) is 6.67 Å². The summed E-state index contributed by atoms with van der Waals surface area (Å²) in [5.74, 6) is -2.20. The molecule has 0 unspecified atom stereocenters. The van der Waals surface area contributed by atoms with Crippen LogP contribution < -0.4 is 4.74 Å². The Kier molecular flexibility index (Phi) is 2.93. The third-order valence-corrected chi connectivity index (χ3v) is 1.38. The number of hydrogen-bond donors (Lipinski definition) is 0. The van der Waals surface area contributed by atoms with E-state index in [9.17, 15) is 22.0 Å². The standard InChI is InChI=1S/C8H5F5O/c9-4-5-1-2-6(10)7(3-5)14-8(11,12)13/h1-3H,4H2. The number of ether oxygens (including phenoxy) is 1. The lowest BCUT2D eigenvalue weighted by Crippen LogP contribution is -2.18. The van der Waals surface area contributed by atoms with Gasteiger partial charge in [0.25, 0.3) is 0 Å². The van der Waals surface area contributed by atoms with Gasteiger partial charge >= 0.3 is 6.36 Å². The molecule has 0 fully saturated rings. The summed E-state index contributed by atoms with van der Waals surface area (Å²) in [5, 5.41) is 0. The van der Waals surface area contributed by atoms with Crippen LogP contribution in [-0.2, 0) is 6.67 Å². The highest BCUT2D eigenvalue weighted by molar-refractivity contribution is 5.30. The highest BCUT2D eigenvalue weighted by Gasteiger charge is 2.32. The molecule has 0 N–H and O–H groups in total. The van der Waals surface area contributed by atoms with Crippen molar-refractivity contribution in [3.63, 3.8) is 0 Å². The molecular formula is C8H5F5O. The van der Waals surface area contributed by atoms with Gasteiger partial charge in [0.15, 0.2) is 11.6 Å². The molecule has 0 bridgehead atoms. The minimum Gasteiger partial charge on any atom is -0.403 e. The van der Waals surface area contributed by atoms with Crippen LogP contribution in [0.4, 0.5) is 22.0 Å². The number of rotatable bonds is 2. The van der Waals surface area contributed by atoms with Crippen LogP contribution >= 0.6 is 0 Å². The lowest BCUT2D eigenvalue weighted by molar-refractivity contribution is -0.275. The topological polar surface area (TPSA) is 9.23 Å². The van der Waals surface area contributed by atoms with E-state index >= 15 is 0 Å². The molecule has 1 aromatic rings. The summed E-state index contributed by atoms with van der Waals surface area (Å²) in [6.45, 7) is -0.978. The van der Waals surface area contributed by atoms with Crippen LogP contribution in [0.25, 0.3) is 0 Å². The zero-order valence-electron chi connectivity index (χ0n) is 6.74. The van der Waals surface area contributed by atoms with Gasteiger partial charge in [0, 0.05) is 0 Å². The van der Waals surface area contributed by atoms with E-state index in [0.717, 1.165) is 12.1 Å². The molecule has 0 aliphatic carbocycles. The second kappa shape index (κ2) is 3.81. The summed E-state index contributed by atoms with van der Waals surface area (Å²) in [6, 6.07) is 2.43. The third-order valence-electron chi connectivity index (χ3n) is 1.38. The van der Waals surface area contributed by atoms with Crippen LogP contribution in [0.15, 0.2) is 18.2 Å². The van der Waals surface area contributed by atoms with Crippen LogP contribution in [-0.4, -0.2) is 6.36 Å². The Morgan fingerprint density at radius 2 is 1.86 bits per heavy atom. The van der Waals surface area contributed by atoms with Crippen LogP contribution in [0.2, 0.25) is 0 Å². The summed E-state index contributed by atoms with van der Waals surface area (Å²) in [4.78, 5) is 0. The van der Waals surface area contributed by atoms with E-state index in [-0.39, 0.29) is 5.56 Å². The van der Waals surface area contributed by atoms with Crippen LogP contribution in [0, 0.1) is 5.82 Å². The molecule has 0 heterocycles. The Balaban J connectivity index is 2.95. The van der Waals surface area contributed by atoms with Crippen molar-refractivity contribution < 1.29 is 26.7 Å². The van der Waals surface area contributed by atoms with Crippen molar-refractivity contribution in [2.45, 2.75) is 13.0 Å². The largest absolute Gasteiger partial charge is 0.573 e. The van der Waals surface area contributed by atoms with Gasteiger partial charge in [-0.2, -0.15) is 0 Å². The van der Waals surface area contributed by atoms with Crippen molar-refractivity contribution in [2.75, 3.05) is 0 Å². The summed E-state index contributed by atoms with van der Waals surface area (Å²) in [6.07, 6.45) is -4.98. The molecule has 1 aromatic carbocycles. The summed E-state index contributed by atoms with van der Waals surface area (Å²) in [5.41, 5.74) is -0.0781. The highest BCUT2D eigenvalue weighted by Crippen LogP contribution is 2.26. The molecule has 0 saturated heterocycles. The van der Waals surface area contributed by atoms with Crippen LogP contribution in [0.3, 0.4) is 0 Å². The fourth-order valence-electron chi connectivity index (χ4n) is 0.834. The molecule has 6 heteroatoms. The van der Waals surface area contributed by atoms with E-state index in [1.54, 1.807) is 0 Å². The molecule has 78 valence electrons. The van der Waals surface area contributed by atoms with Gasteiger partial charge < -0.3 is 4.74 Å². The average Bonchev–Trinajstić information content (AvgIpc) is 2.06. The molecule has 0 aliphatic rings. The van der Waals surface area contributed by atoms with Crippen molar-refractivity contribution in [1.82, 2.24) is 0 Å². The summed E-state index contributed by atoms with van der Waals surface area (Å²) >= 11 is 0. The van der Waals surface area contributed by atoms with E-state index in [4.69, 9.17) is 0 Å². The first kappa shape index (κ1) is 10.7. The predicted molar refractivity (Wildman–Crippen MR) is 37.9 cm³/mol. The lowest BCUT2D eigenvalue weighted by atomic mass is 10.2. The first-order valence-corrected chi connectivity index (χ1v) is 3.52. The maximum atomic E-state index is 12.7. The van der Waals surface area contributed by atoms with Gasteiger partial charge in [-0.05, 0) is 17.7 Å². The van der Waals surface area contributed by atoms with Crippen molar-refractivity contribution in [1.29, 1.82) is 0 Å². The van der Waals surface area contributed by atoms with Gasteiger partial charge in [0.05, 0.1) is 0 Å². The first-order chi connectivity index (χ1) is 6.42. The Labute approximate surface area is 76.1 Å². The zero-order valence-corrected chi connectivity index (χ0v) is 6.74. The Morgan fingerprint density at radius 3 is 2.36 bits per heavy atom. The van der Waals surface area contributed by atoms with Crippen molar-refractivity contribution >= 4 is 0 Å². The molecule has 0 aliphatic heterocycles. The molecule has 1 nitrogen and oxygen atoms in total. The third kappa shape index (κ3) is 2.86. The van der Waals surface area contributed by atoms with Crippen molar-refractivity contribution in [3.05, 3.63) is 29.6 Å². The Bertz CT molecular complexity index is 320. The molecule has 1 rings (SSSR count). The number of hydrogen-bond acceptors (Lipinski definition) is 1. The van der Waals surface area contributed by atoms with Crippen molar-refractivity contribution in [3.8, 4) is 5.75 Å². The molecule has 0 spiro atoms. The number of halogens is 5. The average molecular weight is 212 g/mol. The van der Waals surface area contributed by atoms with E-state index in [0.29, 0.717) is 6.07 Å². The number of benzene rings is 1. The normalized spacial score (nSPS) is 11.5. The Morgan fingerprint density at radius 1 is 1.21 bits per heavy atom. The SMILES string of the molecule is FCc1ccc(F)c(OC(F)(F)F)c1. The smallest absolute Gasteiger partial charge is 0.403 e. The first-order valence-electron chi connectivity index (χ1n) is 3.52. The lowest BCUT2D eigenvalue weighted by Gasteiger charge is -2.09. The second-order valence-electron chi connectivity index (χ2n) is 2.45. The molecule has 0 saturated carbocycles. The highest BCUT2D eigenvalue weighted by atomic mass is 19.4. The Hall–Kier alpha value is -1.33. The minimum atomic E-state index is -4.98. The summed E-state index contributed by atoms with van der Waals surface area (Å²) in [7, 11) is 0. The molecule has 0 radical (unpaired) electrons. The maximum absolute atomic E-state index is 12.7. The van der Waals surface area contributed by atoms with Gasteiger partial charge in [-0.15, -0.1) is 13.2 Å². The van der Waals surface area contributed by atoms with E-state index in [1.807, 2.05) is 0 Å². The molecular weight excluding hydrogens is 207 g/mol. The zero-order chi connectivity index (χ0) is 10.8. The maximum Gasteiger partial charge on any atom is 0.573 e. The van der Waals surface area contributed by atoms with Gasteiger partial charge in [-0.25, -0.2) is 8.78 Å². The molecule has 0 atom stereocenters. The van der Waals surface area contributed by atoms with Gasteiger partial charge in [-0.1, -0.05) is 6.07 Å². The monoisotopic (exact) mass is 212 g/mol. The van der Waals surface area contributed by atoms with E-state index in [2.05, 4.69) is 4.74 Å². The van der Waals surface area contributed by atoms with E-state index in [1.165, 1.54) is 0 Å². The molecule has 14 heavy (non-hydrogen) atoms. The predicted octanol–water partition coefficient (Wildman–Crippen LogP) is 3.19.